The molecule has 0 radical (unpaired) electrons. The SMILES string of the molecule is CC(C)Oc1cccc(C(C)SS)c1. The summed E-state index contributed by atoms with van der Waals surface area (Å²) in [7, 11) is 1.54. The molecule has 1 atom stereocenters. The van der Waals surface area contributed by atoms with Crippen LogP contribution in [0.3, 0.4) is 0 Å². The lowest BCUT2D eigenvalue weighted by molar-refractivity contribution is 0.242. The van der Waals surface area contributed by atoms with E-state index in [1.807, 2.05) is 26.0 Å². The molecule has 1 nitrogen and oxygen atoms in total. The lowest BCUT2D eigenvalue weighted by Crippen LogP contribution is -2.05. The lowest BCUT2D eigenvalue weighted by atomic mass is 10.1. The summed E-state index contributed by atoms with van der Waals surface area (Å²) in [5.74, 6) is 0.937. The summed E-state index contributed by atoms with van der Waals surface area (Å²) in [6.07, 6.45) is 0.226. The third-order valence-electron chi connectivity index (χ3n) is 1.86. The molecule has 0 aliphatic heterocycles. The maximum absolute atomic E-state index is 5.62. The minimum Gasteiger partial charge on any atom is -0.491 e. The fourth-order valence-electron chi connectivity index (χ4n) is 1.17. The molecule has 1 aromatic rings. The van der Waals surface area contributed by atoms with Gasteiger partial charge in [-0.15, -0.1) is 11.7 Å². The van der Waals surface area contributed by atoms with E-state index >= 15 is 0 Å². The molecular formula is C11H16OS2. The second-order valence-electron chi connectivity index (χ2n) is 3.49. The largest absolute Gasteiger partial charge is 0.491 e. The van der Waals surface area contributed by atoms with Crippen molar-refractivity contribution in [1.29, 1.82) is 0 Å². The predicted octanol–water partition coefficient (Wildman–Crippen LogP) is 4.11. The van der Waals surface area contributed by atoms with Gasteiger partial charge in [0.1, 0.15) is 5.75 Å². The van der Waals surface area contributed by atoms with Crippen molar-refractivity contribution in [1.82, 2.24) is 0 Å². The topological polar surface area (TPSA) is 9.23 Å². The van der Waals surface area contributed by atoms with E-state index in [2.05, 4.69) is 30.7 Å². The summed E-state index contributed by atoms with van der Waals surface area (Å²) in [6.45, 7) is 6.19. The van der Waals surface area contributed by atoms with Crippen molar-refractivity contribution in [2.75, 3.05) is 0 Å². The van der Waals surface area contributed by atoms with Crippen LogP contribution in [-0.2, 0) is 0 Å². The molecule has 3 heteroatoms. The molecule has 0 heterocycles. The summed E-state index contributed by atoms with van der Waals surface area (Å²) in [5, 5.41) is 0.397. The zero-order valence-corrected chi connectivity index (χ0v) is 10.4. The fraction of sp³-hybridized carbons (Fsp3) is 0.455. The molecule has 78 valence electrons. The van der Waals surface area contributed by atoms with Gasteiger partial charge in [-0.2, -0.15) is 0 Å². The van der Waals surface area contributed by atoms with Gasteiger partial charge in [0.25, 0.3) is 0 Å². The Morgan fingerprint density at radius 3 is 2.57 bits per heavy atom. The Kier molecular flexibility index (Phi) is 4.69. The second-order valence-corrected chi connectivity index (χ2v) is 5.04. The Labute approximate surface area is 95.0 Å². The molecule has 0 saturated heterocycles. The fourth-order valence-corrected chi connectivity index (χ4v) is 1.81. The normalized spacial score (nSPS) is 12.9. The van der Waals surface area contributed by atoms with E-state index in [0.29, 0.717) is 5.25 Å². The maximum atomic E-state index is 5.62. The Bertz CT molecular complexity index is 286. The highest BCUT2D eigenvalue weighted by atomic mass is 33.1. The summed E-state index contributed by atoms with van der Waals surface area (Å²) in [4.78, 5) is 0. The smallest absolute Gasteiger partial charge is 0.119 e. The van der Waals surface area contributed by atoms with Gasteiger partial charge in [0.05, 0.1) is 6.10 Å². The van der Waals surface area contributed by atoms with Crippen molar-refractivity contribution in [3.8, 4) is 5.75 Å². The van der Waals surface area contributed by atoms with E-state index < -0.39 is 0 Å². The third kappa shape index (κ3) is 3.46. The van der Waals surface area contributed by atoms with Crippen LogP contribution in [0, 0.1) is 0 Å². The molecule has 0 aromatic heterocycles. The molecule has 0 saturated carbocycles. The predicted molar refractivity (Wildman–Crippen MR) is 67.2 cm³/mol. The Morgan fingerprint density at radius 1 is 1.29 bits per heavy atom. The maximum Gasteiger partial charge on any atom is 0.119 e. The van der Waals surface area contributed by atoms with Crippen molar-refractivity contribution in [3.63, 3.8) is 0 Å². The molecular weight excluding hydrogens is 212 g/mol. The average Bonchev–Trinajstić information content (AvgIpc) is 2.16. The minimum absolute atomic E-state index is 0.226. The Balaban J connectivity index is 2.78. The van der Waals surface area contributed by atoms with Gasteiger partial charge in [-0.05, 0) is 38.5 Å². The molecule has 0 N–H and O–H groups in total. The van der Waals surface area contributed by atoms with Crippen LogP contribution in [0.2, 0.25) is 0 Å². The van der Waals surface area contributed by atoms with E-state index in [1.165, 1.54) is 5.56 Å². The van der Waals surface area contributed by atoms with E-state index in [4.69, 9.17) is 4.74 Å². The molecule has 1 unspecified atom stereocenters. The van der Waals surface area contributed by atoms with Crippen LogP contribution in [0.1, 0.15) is 31.6 Å². The van der Waals surface area contributed by atoms with E-state index in [0.717, 1.165) is 5.75 Å². The van der Waals surface area contributed by atoms with Crippen LogP contribution in [0.25, 0.3) is 0 Å². The first-order valence-corrected chi connectivity index (χ1v) is 6.63. The first-order valence-electron chi connectivity index (χ1n) is 4.70. The van der Waals surface area contributed by atoms with Gasteiger partial charge >= 0.3 is 0 Å². The van der Waals surface area contributed by atoms with Crippen LogP contribution < -0.4 is 4.74 Å². The summed E-state index contributed by atoms with van der Waals surface area (Å²) in [5.41, 5.74) is 1.25. The Hall–Kier alpha value is -0.280. The standard InChI is InChI=1S/C11H16OS2/c1-8(2)12-11-6-4-5-10(7-11)9(3)14-13/h4-9,13H,1-3H3. The zero-order chi connectivity index (χ0) is 10.6. The second kappa shape index (κ2) is 5.56. The first-order chi connectivity index (χ1) is 6.63. The van der Waals surface area contributed by atoms with Crippen LogP contribution in [0.15, 0.2) is 24.3 Å². The molecule has 1 rings (SSSR count). The van der Waals surface area contributed by atoms with E-state index in [-0.39, 0.29) is 6.10 Å². The van der Waals surface area contributed by atoms with E-state index in [9.17, 15) is 0 Å². The van der Waals surface area contributed by atoms with Gasteiger partial charge in [-0.3, -0.25) is 0 Å². The van der Waals surface area contributed by atoms with Crippen molar-refractivity contribution in [2.45, 2.75) is 32.1 Å². The average molecular weight is 228 g/mol. The molecule has 0 amide bonds. The van der Waals surface area contributed by atoms with Gasteiger partial charge in [0.2, 0.25) is 0 Å². The third-order valence-corrected chi connectivity index (χ3v) is 3.39. The zero-order valence-electron chi connectivity index (χ0n) is 8.73. The monoisotopic (exact) mass is 228 g/mol. The summed E-state index contributed by atoms with van der Waals surface area (Å²) < 4.78 is 5.62. The number of benzene rings is 1. The van der Waals surface area contributed by atoms with E-state index in [1.54, 1.807) is 10.8 Å². The van der Waals surface area contributed by atoms with Crippen LogP contribution in [0.5, 0.6) is 5.75 Å². The highest BCUT2D eigenvalue weighted by Gasteiger charge is 2.05. The number of hydrogen-bond acceptors (Lipinski definition) is 3. The van der Waals surface area contributed by atoms with Gasteiger partial charge < -0.3 is 4.74 Å². The van der Waals surface area contributed by atoms with Crippen LogP contribution in [0.4, 0.5) is 0 Å². The molecule has 14 heavy (non-hydrogen) atoms. The van der Waals surface area contributed by atoms with Crippen molar-refractivity contribution in [3.05, 3.63) is 29.8 Å². The summed E-state index contributed by atoms with van der Waals surface area (Å²) in [6, 6.07) is 8.18. The van der Waals surface area contributed by atoms with Crippen molar-refractivity contribution < 1.29 is 4.74 Å². The van der Waals surface area contributed by atoms with Crippen LogP contribution >= 0.6 is 22.5 Å². The molecule has 0 aliphatic rings. The molecule has 0 bridgehead atoms. The minimum atomic E-state index is 0.226. The highest BCUT2D eigenvalue weighted by Crippen LogP contribution is 2.32. The van der Waals surface area contributed by atoms with Crippen molar-refractivity contribution >= 4 is 22.5 Å². The van der Waals surface area contributed by atoms with Gasteiger partial charge in [0.15, 0.2) is 0 Å². The molecule has 0 fully saturated rings. The molecule has 1 aromatic carbocycles. The van der Waals surface area contributed by atoms with Gasteiger partial charge in [0, 0.05) is 5.25 Å². The quantitative estimate of drug-likeness (QED) is 0.613. The number of rotatable bonds is 4. The van der Waals surface area contributed by atoms with Crippen LogP contribution in [-0.4, -0.2) is 6.10 Å². The van der Waals surface area contributed by atoms with Gasteiger partial charge in [-0.25, -0.2) is 0 Å². The Morgan fingerprint density at radius 2 is 2.00 bits per heavy atom. The summed E-state index contributed by atoms with van der Waals surface area (Å²) >= 11 is 4.21. The lowest BCUT2D eigenvalue weighted by Gasteiger charge is -2.12. The number of hydrogen-bond donors (Lipinski definition) is 1. The highest BCUT2D eigenvalue weighted by molar-refractivity contribution is 8.68. The molecule has 0 spiro atoms. The van der Waals surface area contributed by atoms with Crippen molar-refractivity contribution in [2.24, 2.45) is 0 Å². The van der Waals surface area contributed by atoms with Gasteiger partial charge in [-0.1, -0.05) is 22.9 Å². The first kappa shape index (κ1) is 11.8. The molecule has 0 aliphatic carbocycles. The number of thiol groups is 1. The number of ether oxygens (including phenoxy) is 1.